The van der Waals surface area contributed by atoms with E-state index in [4.69, 9.17) is 15.6 Å². The molecular formula is C16H21F3N2O6. The number of alkyl halides is 3. The number of aliphatic carboxylic acids is 2. The number of hydrogen-bond donors (Lipinski definition) is 5. The van der Waals surface area contributed by atoms with Crippen LogP contribution in [0.25, 0.3) is 0 Å². The van der Waals surface area contributed by atoms with E-state index in [2.05, 4.69) is 5.32 Å². The monoisotopic (exact) mass is 394 g/mol. The number of phenolic OH excluding ortho intramolecular Hbond substituents is 1. The molecule has 152 valence electrons. The Morgan fingerprint density at radius 2 is 1.56 bits per heavy atom. The van der Waals surface area contributed by atoms with E-state index >= 15 is 0 Å². The van der Waals surface area contributed by atoms with Gasteiger partial charge in [-0.05, 0) is 31.5 Å². The topological polar surface area (TPSA) is 150 Å². The van der Waals surface area contributed by atoms with Crippen LogP contribution in [0.1, 0.15) is 19.4 Å². The fourth-order valence-corrected chi connectivity index (χ4v) is 1.51. The Morgan fingerprint density at radius 1 is 1.11 bits per heavy atom. The number of aromatic hydroxyl groups is 1. The van der Waals surface area contributed by atoms with E-state index in [9.17, 15) is 33.0 Å². The van der Waals surface area contributed by atoms with Gasteiger partial charge in [-0.15, -0.1) is 0 Å². The fourth-order valence-electron chi connectivity index (χ4n) is 1.51. The van der Waals surface area contributed by atoms with Crippen molar-refractivity contribution in [1.82, 2.24) is 5.32 Å². The van der Waals surface area contributed by atoms with Crippen LogP contribution in [0.5, 0.6) is 5.75 Å². The molecule has 0 aliphatic carbocycles. The number of nitrogens with one attached hydrogen (secondary N) is 1. The summed E-state index contributed by atoms with van der Waals surface area (Å²) < 4.78 is 31.7. The zero-order valence-electron chi connectivity index (χ0n) is 14.6. The fraction of sp³-hybridized carbons (Fsp3) is 0.438. The summed E-state index contributed by atoms with van der Waals surface area (Å²) in [6, 6.07) is 5.15. The van der Waals surface area contributed by atoms with E-state index in [-0.39, 0.29) is 18.7 Å². The minimum absolute atomic E-state index is 0.105. The van der Waals surface area contributed by atoms with Crippen molar-refractivity contribution < 1.29 is 42.9 Å². The Balaban J connectivity index is 0.000000821. The maximum atomic E-state index is 12.0. The molecule has 0 spiro atoms. The van der Waals surface area contributed by atoms with Gasteiger partial charge in [0.25, 0.3) is 0 Å². The van der Waals surface area contributed by atoms with Crippen molar-refractivity contribution in [2.45, 2.75) is 32.5 Å². The summed E-state index contributed by atoms with van der Waals surface area (Å²) in [6.45, 7) is 3.44. The standard InChI is InChI=1S/C14H20N2O4.C2HF3O2/c1-14(2,8-15)13(20)16-11(12(18)19)7-9-3-5-10(17)6-4-9;3-2(4,5)1(6)7/h3-6,11,17H,7-8,15H2,1-2H3,(H,16,20)(H,18,19);(H,6,7)/t11-;/m0./s1. The number of carboxylic acid groups (broad SMARTS) is 2. The number of halogens is 3. The second kappa shape index (κ2) is 9.76. The minimum Gasteiger partial charge on any atom is -0.508 e. The Labute approximate surface area is 152 Å². The number of carbonyl (C=O) groups is 3. The highest BCUT2D eigenvalue weighted by Gasteiger charge is 2.38. The van der Waals surface area contributed by atoms with E-state index in [0.717, 1.165) is 0 Å². The first-order valence-electron chi connectivity index (χ1n) is 7.52. The maximum absolute atomic E-state index is 12.0. The van der Waals surface area contributed by atoms with Crippen LogP contribution in [0, 0.1) is 5.41 Å². The Bertz CT molecular complexity index is 659. The summed E-state index contributed by atoms with van der Waals surface area (Å²) >= 11 is 0. The van der Waals surface area contributed by atoms with Crippen molar-refractivity contribution in [3.8, 4) is 5.75 Å². The van der Waals surface area contributed by atoms with Crippen molar-refractivity contribution in [2.24, 2.45) is 11.1 Å². The van der Waals surface area contributed by atoms with Crippen molar-refractivity contribution in [2.75, 3.05) is 6.54 Å². The molecule has 6 N–H and O–H groups in total. The largest absolute Gasteiger partial charge is 0.508 e. The summed E-state index contributed by atoms with van der Waals surface area (Å²) in [5, 5.41) is 28.0. The molecule has 0 unspecified atom stereocenters. The summed E-state index contributed by atoms with van der Waals surface area (Å²) in [4.78, 5) is 32.1. The molecule has 0 aliphatic heterocycles. The molecule has 0 heterocycles. The van der Waals surface area contributed by atoms with E-state index in [1.807, 2.05) is 0 Å². The van der Waals surface area contributed by atoms with Crippen LogP contribution in [-0.2, 0) is 20.8 Å². The number of hydrogen-bond acceptors (Lipinski definition) is 5. The smallest absolute Gasteiger partial charge is 0.490 e. The number of rotatable bonds is 6. The van der Waals surface area contributed by atoms with Crippen LogP contribution in [0.2, 0.25) is 0 Å². The average molecular weight is 394 g/mol. The number of benzene rings is 1. The summed E-state index contributed by atoms with van der Waals surface area (Å²) in [7, 11) is 0. The molecule has 1 aromatic carbocycles. The van der Waals surface area contributed by atoms with Gasteiger partial charge in [0, 0.05) is 13.0 Å². The Morgan fingerprint density at radius 3 is 1.89 bits per heavy atom. The average Bonchev–Trinajstić information content (AvgIpc) is 2.55. The van der Waals surface area contributed by atoms with Gasteiger partial charge in [-0.3, -0.25) is 4.79 Å². The molecule has 0 fully saturated rings. The lowest BCUT2D eigenvalue weighted by atomic mass is 9.92. The predicted molar refractivity (Wildman–Crippen MR) is 87.9 cm³/mol. The van der Waals surface area contributed by atoms with Gasteiger partial charge < -0.3 is 26.4 Å². The molecular weight excluding hydrogens is 373 g/mol. The quantitative estimate of drug-likeness (QED) is 0.485. The first-order valence-corrected chi connectivity index (χ1v) is 7.52. The van der Waals surface area contributed by atoms with Gasteiger partial charge in [0.15, 0.2) is 0 Å². The van der Waals surface area contributed by atoms with Crippen molar-refractivity contribution in [3.05, 3.63) is 29.8 Å². The minimum atomic E-state index is -5.08. The van der Waals surface area contributed by atoms with Crippen LogP contribution in [0.3, 0.4) is 0 Å². The number of amides is 1. The van der Waals surface area contributed by atoms with E-state index in [1.54, 1.807) is 26.0 Å². The molecule has 27 heavy (non-hydrogen) atoms. The van der Waals surface area contributed by atoms with Crippen molar-refractivity contribution in [1.29, 1.82) is 0 Å². The Hall–Kier alpha value is -2.82. The highest BCUT2D eigenvalue weighted by Crippen LogP contribution is 2.15. The molecule has 0 aliphatic rings. The normalized spacial score (nSPS) is 12.4. The van der Waals surface area contributed by atoms with Crippen LogP contribution in [-0.4, -0.2) is 51.9 Å². The highest BCUT2D eigenvalue weighted by atomic mass is 19.4. The lowest BCUT2D eigenvalue weighted by Gasteiger charge is -2.24. The molecule has 0 aromatic heterocycles. The van der Waals surface area contributed by atoms with Gasteiger partial charge in [0.1, 0.15) is 11.8 Å². The van der Waals surface area contributed by atoms with E-state index in [0.29, 0.717) is 5.56 Å². The number of carboxylic acids is 2. The molecule has 11 heteroatoms. The zero-order chi connectivity index (χ0) is 21.4. The molecule has 0 bridgehead atoms. The van der Waals surface area contributed by atoms with E-state index < -0.39 is 35.5 Å². The number of carbonyl (C=O) groups excluding carboxylic acids is 1. The summed E-state index contributed by atoms with van der Waals surface area (Å²) in [5.41, 5.74) is 5.38. The van der Waals surface area contributed by atoms with Gasteiger partial charge >= 0.3 is 18.1 Å². The molecule has 1 amide bonds. The van der Waals surface area contributed by atoms with Gasteiger partial charge in [-0.25, -0.2) is 9.59 Å². The molecule has 1 atom stereocenters. The van der Waals surface area contributed by atoms with Gasteiger partial charge in [0.05, 0.1) is 5.41 Å². The Kier molecular flexibility index (Phi) is 8.74. The van der Waals surface area contributed by atoms with Gasteiger partial charge in [-0.2, -0.15) is 13.2 Å². The second-order valence-electron chi connectivity index (χ2n) is 6.13. The third-order valence-corrected chi connectivity index (χ3v) is 3.35. The molecule has 0 radical (unpaired) electrons. The lowest BCUT2D eigenvalue weighted by molar-refractivity contribution is -0.192. The SMILES string of the molecule is CC(C)(CN)C(=O)N[C@@H](Cc1ccc(O)cc1)C(=O)O.O=C(O)C(F)(F)F. The van der Waals surface area contributed by atoms with Crippen molar-refractivity contribution >= 4 is 17.8 Å². The van der Waals surface area contributed by atoms with Crippen LogP contribution >= 0.6 is 0 Å². The lowest BCUT2D eigenvalue weighted by Crippen LogP contribution is -2.49. The van der Waals surface area contributed by atoms with Crippen LogP contribution in [0.15, 0.2) is 24.3 Å². The van der Waals surface area contributed by atoms with Gasteiger partial charge in [-0.1, -0.05) is 12.1 Å². The molecule has 0 saturated heterocycles. The van der Waals surface area contributed by atoms with Crippen LogP contribution < -0.4 is 11.1 Å². The van der Waals surface area contributed by atoms with E-state index in [1.165, 1.54) is 12.1 Å². The molecule has 8 nitrogen and oxygen atoms in total. The maximum Gasteiger partial charge on any atom is 0.490 e. The molecule has 1 rings (SSSR count). The number of nitrogens with two attached hydrogens (primary N) is 1. The second-order valence-corrected chi connectivity index (χ2v) is 6.13. The summed E-state index contributed by atoms with van der Waals surface area (Å²) in [6.07, 6.45) is -4.94. The predicted octanol–water partition coefficient (Wildman–Crippen LogP) is 1.12. The highest BCUT2D eigenvalue weighted by molar-refractivity contribution is 5.87. The first kappa shape index (κ1) is 24.2. The van der Waals surface area contributed by atoms with Gasteiger partial charge in [0.2, 0.25) is 5.91 Å². The van der Waals surface area contributed by atoms with Crippen LogP contribution in [0.4, 0.5) is 13.2 Å². The molecule has 0 saturated carbocycles. The third kappa shape index (κ3) is 8.90. The molecule has 1 aromatic rings. The summed E-state index contributed by atoms with van der Waals surface area (Å²) in [5.74, 6) is -4.16. The third-order valence-electron chi connectivity index (χ3n) is 3.35. The number of phenols is 1. The first-order chi connectivity index (χ1) is 12.2. The zero-order valence-corrected chi connectivity index (χ0v) is 14.6. The van der Waals surface area contributed by atoms with Crippen molar-refractivity contribution in [3.63, 3.8) is 0 Å².